The average molecular weight is 218 g/mol. The number of hydrogen-bond acceptors (Lipinski definition) is 1. The van der Waals surface area contributed by atoms with Gasteiger partial charge in [-0.2, -0.15) is 0 Å². The summed E-state index contributed by atoms with van der Waals surface area (Å²) in [5.74, 6) is 0. The van der Waals surface area contributed by atoms with Crippen LogP contribution in [0.1, 0.15) is 0 Å². The SMILES string of the molecule is FCCNc1ccc(Br)cc1. The molecule has 11 heavy (non-hydrogen) atoms. The van der Waals surface area contributed by atoms with Crippen molar-refractivity contribution in [1.29, 1.82) is 0 Å². The van der Waals surface area contributed by atoms with Gasteiger partial charge in [0.25, 0.3) is 0 Å². The molecule has 0 unspecified atom stereocenters. The highest BCUT2D eigenvalue weighted by atomic mass is 79.9. The molecule has 1 aromatic carbocycles. The summed E-state index contributed by atoms with van der Waals surface area (Å²) in [6.45, 7) is 0.0394. The molecule has 0 aliphatic rings. The highest BCUT2D eigenvalue weighted by Gasteiger charge is 1.89. The quantitative estimate of drug-likeness (QED) is 0.822. The minimum Gasteiger partial charge on any atom is -0.382 e. The number of benzene rings is 1. The lowest BCUT2D eigenvalue weighted by atomic mass is 10.3. The van der Waals surface area contributed by atoms with E-state index in [0.29, 0.717) is 6.54 Å². The van der Waals surface area contributed by atoms with Crippen molar-refractivity contribution in [2.24, 2.45) is 0 Å². The van der Waals surface area contributed by atoms with Crippen LogP contribution in [0.25, 0.3) is 0 Å². The number of nitrogens with one attached hydrogen (secondary N) is 1. The van der Waals surface area contributed by atoms with E-state index in [0.717, 1.165) is 10.2 Å². The van der Waals surface area contributed by atoms with Gasteiger partial charge < -0.3 is 5.32 Å². The van der Waals surface area contributed by atoms with E-state index in [9.17, 15) is 4.39 Å². The summed E-state index contributed by atoms with van der Waals surface area (Å²) in [6.07, 6.45) is 0. The van der Waals surface area contributed by atoms with Gasteiger partial charge in [0, 0.05) is 16.7 Å². The van der Waals surface area contributed by atoms with Crippen molar-refractivity contribution in [3.05, 3.63) is 28.7 Å². The molecule has 0 spiro atoms. The van der Waals surface area contributed by atoms with Crippen molar-refractivity contribution in [3.8, 4) is 0 Å². The normalized spacial score (nSPS) is 9.64. The maximum Gasteiger partial charge on any atom is 0.107 e. The van der Waals surface area contributed by atoms with Crippen LogP contribution in [0.15, 0.2) is 28.7 Å². The second kappa shape index (κ2) is 4.34. The minimum absolute atomic E-state index is 0.337. The van der Waals surface area contributed by atoms with Crippen molar-refractivity contribution < 1.29 is 4.39 Å². The van der Waals surface area contributed by atoms with Crippen molar-refractivity contribution in [2.45, 2.75) is 0 Å². The Balaban J connectivity index is 2.52. The van der Waals surface area contributed by atoms with Crippen LogP contribution >= 0.6 is 15.9 Å². The van der Waals surface area contributed by atoms with Gasteiger partial charge in [0.15, 0.2) is 0 Å². The van der Waals surface area contributed by atoms with E-state index in [1.807, 2.05) is 24.3 Å². The van der Waals surface area contributed by atoms with E-state index in [4.69, 9.17) is 0 Å². The van der Waals surface area contributed by atoms with Gasteiger partial charge in [-0.1, -0.05) is 15.9 Å². The Morgan fingerprint density at radius 1 is 1.27 bits per heavy atom. The van der Waals surface area contributed by atoms with Crippen LogP contribution in [0.4, 0.5) is 10.1 Å². The molecule has 1 nitrogen and oxygen atoms in total. The van der Waals surface area contributed by atoms with E-state index in [1.165, 1.54) is 0 Å². The van der Waals surface area contributed by atoms with E-state index in [-0.39, 0.29) is 6.67 Å². The summed E-state index contributed by atoms with van der Waals surface area (Å²) in [5.41, 5.74) is 0.950. The zero-order valence-corrected chi connectivity index (χ0v) is 7.57. The number of hydrogen-bond donors (Lipinski definition) is 1. The third-order valence-corrected chi connectivity index (χ3v) is 1.80. The molecule has 0 aromatic heterocycles. The van der Waals surface area contributed by atoms with Crippen molar-refractivity contribution >= 4 is 21.6 Å². The van der Waals surface area contributed by atoms with Gasteiger partial charge in [-0.15, -0.1) is 0 Å². The number of halogens is 2. The lowest BCUT2D eigenvalue weighted by molar-refractivity contribution is 0.513. The molecule has 3 heteroatoms. The summed E-state index contributed by atoms with van der Waals surface area (Å²) in [7, 11) is 0. The molecule has 60 valence electrons. The van der Waals surface area contributed by atoms with Crippen molar-refractivity contribution in [1.82, 2.24) is 0 Å². The Bertz CT molecular complexity index is 210. The highest BCUT2D eigenvalue weighted by Crippen LogP contribution is 2.13. The van der Waals surface area contributed by atoms with Crippen LogP contribution in [0.5, 0.6) is 0 Å². The summed E-state index contributed by atoms with van der Waals surface area (Å²) in [5, 5.41) is 2.93. The predicted octanol–water partition coefficient (Wildman–Crippen LogP) is 2.83. The molecule has 0 aliphatic carbocycles. The van der Waals surface area contributed by atoms with E-state index >= 15 is 0 Å². The Morgan fingerprint density at radius 2 is 1.91 bits per heavy atom. The molecule has 0 radical (unpaired) electrons. The Hall–Kier alpha value is -0.570. The first-order chi connectivity index (χ1) is 5.33. The van der Waals surface area contributed by atoms with Crippen LogP contribution in [0, 0.1) is 0 Å². The molecular formula is C8H9BrFN. The van der Waals surface area contributed by atoms with E-state index < -0.39 is 0 Å². The number of rotatable bonds is 3. The molecule has 0 saturated heterocycles. The fourth-order valence-corrected chi connectivity index (χ4v) is 1.02. The molecule has 0 atom stereocenters. The number of anilines is 1. The first-order valence-electron chi connectivity index (χ1n) is 3.38. The van der Waals surface area contributed by atoms with Crippen LogP contribution in [0.2, 0.25) is 0 Å². The molecule has 0 saturated carbocycles. The van der Waals surface area contributed by atoms with E-state index in [2.05, 4.69) is 21.2 Å². The topological polar surface area (TPSA) is 12.0 Å². The molecule has 0 fully saturated rings. The smallest absolute Gasteiger partial charge is 0.107 e. The molecule has 0 aliphatic heterocycles. The highest BCUT2D eigenvalue weighted by molar-refractivity contribution is 9.10. The molecule has 1 N–H and O–H groups in total. The van der Waals surface area contributed by atoms with Crippen LogP contribution < -0.4 is 5.32 Å². The van der Waals surface area contributed by atoms with Crippen LogP contribution in [-0.2, 0) is 0 Å². The first-order valence-corrected chi connectivity index (χ1v) is 4.17. The third-order valence-electron chi connectivity index (χ3n) is 1.27. The summed E-state index contributed by atoms with van der Waals surface area (Å²) in [6, 6.07) is 7.64. The summed E-state index contributed by atoms with van der Waals surface area (Å²) < 4.78 is 12.7. The minimum atomic E-state index is -0.337. The van der Waals surface area contributed by atoms with Gasteiger partial charge in [-0.25, -0.2) is 4.39 Å². The van der Waals surface area contributed by atoms with Crippen molar-refractivity contribution in [2.75, 3.05) is 18.5 Å². The average Bonchev–Trinajstić information content (AvgIpc) is 2.04. The number of alkyl halides is 1. The lowest BCUT2D eigenvalue weighted by Gasteiger charge is -2.02. The molecular weight excluding hydrogens is 209 g/mol. The Morgan fingerprint density at radius 3 is 2.45 bits per heavy atom. The van der Waals surface area contributed by atoms with E-state index in [1.54, 1.807) is 0 Å². The second-order valence-electron chi connectivity index (χ2n) is 2.12. The van der Waals surface area contributed by atoms with Gasteiger partial charge in [0.1, 0.15) is 6.67 Å². The molecule has 1 rings (SSSR count). The van der Waals surface area contributed by atoms with Gasteiger partial charge in [0.05, 0.1) is 0 Å². The standard InChI is InChI=1S/C8H9BrFN/c9-7-1-3-8(4-2-7)11-6-5-10/h1-4,11H,5-6H2. The molecule has 0 heterocycles. The van der Waals surface area contributed by atoms with Gasteiger partial charge in [-0.3, -0.25) is 0 Å². The van der Waals surface area contributed by atoms with Gasteiger partial charge in [-0.05, 0) is 24.3 Å². The van der Waals surface area contributed by atoms with Crippen molar-refractivity contribution in [3.63, 3.8) is 0 Å². The second-order valence-corrected chi connectivity index (χ2v) is 3.04. The van der Waals surface area contributed by atoms with Gasteiger partial charge >= 0.3 is 0 Å². The maximum atomic E-state index is 11.7. The molecule has 0 bridgehead atoms. The monoisotopic (exact) mass is 217 g/mol. The zero-order chi connectivity index (χ0) is 8.10. The fraction of sp³-hybridized carbons (Fsp3) is 0.250. The summed E-state index contributed by atoms with van der Waals surface area (Å²) in [4.78, 5) is 0. The fourth-order valence-electron chi connectivity index (χ4n) is 0.759. The summed E-state index contributed by atoms with van der Waals surface area (Å²) >= 11 is 3.31. The molecule has 0 amide bonds. The first kappa shape index (κ1) is 8.53. The largest absolute Gasteiger partial charge is 0.382 e. The predicted molar refractivity (Wildman–Crippen MR) is 48.6 cm³/mol. The maximum absolute atomic E-state index is 11.7. The third kappa shape index (κ3) is 2.89. The van der Waals surface area contributed by atoms with Crippen LogP contribution in [-0.4, -0.2) is 13.2 Å². The zero-order valence-electron chi connectivity index (χ0n) is 5.98. The lowest BCUT2D eigenvalue weighted by Crippen LogP contribution is -2.02. The van der Waals surface area contributed by atoms with Crippen LogP contribution in [0.3, 0.4) is 0 Å². The Labute approximate surface area is 73.7 Å². The Kier molecular flexibility index (Phi) is 3.36. The molecule has 1 aromatic rings. The van der Waals surface area contributed by atoms with Gasteiger partial charge in [0.2, 0.25) is 0 Å².